The molecule has 7 heteroatoms. The second-order valence-corrected chi connectivity index (χ2v) is 6.86. The molecule has 6 nitrogen and oxygen atoms in total. The van der Waals surface area contributed by atoms with Crippen molar-refractivity contribution < 1.29 is 23.0 Å². The predicted octanol–water partition coefficient (Wildman–Crippen LogP) is 0.639. The third kappa shape index (κ3) is 3.37. The Kier molecular flexibility index (Phi) is 5.21. The minimum Gasteiger partial charge on any atom is -0.497 e. The van der Waals surface area contributed by atoms with Crippen LogP contribution in [0.25, 0.3) is 0 Å². The van der Waals surface area contributed by atoms with Gasteiger partial charge in [-0.05, 0) is 36.6 Å². The largest absolute Gasteiger partial charge is 0.497 e. The summed E-state index contributed by atoms with van der Waals surface area (Å²) in [5.74, 6) is 0.577. The standard InChI is InChI=1S/C14H21NO5S/c1-19-12-3-4-14(11(9-12)6-8-16)21(17,18)15-7-5-13(10-15)20-2/h3-4,9,13,16H,5-8,10H2,1-2H3. The number of benzene rings is 1. The highest BCUT2D eigenvalue weighted by Crippen LogP contribution is 2.27. The van der Waals surface area contributed by atoms with Gasteiger partial charge in [0.05, 0.1) is 18.1 Å². The molecule has 1 heterocycles. The van der Waals surface area contributed by atoms with Crippen molar-refractivity contribution in [2.75, 3.05) is 33.9 Å². The molecule has 0 spiro atoms. The van der Waals surface area contributed by atoms with Crippen LogP contribution >= 0.6 is 0 Å². The van der Waals surface area contributed by atoms with E-state index < -0.39 is 10.0 Å². The minimum absolute atomic E-state index is 0.0562. The molecule has 0 amide bonds. The van der Waals surface area contributed by atoms with Crippen molar-refractivity contribution in [2.24, 2.45) is 0 Å². The Labute approximate surface area is 125 Å². The molecule has 1 aromatic rings. The van der Waals surface area contributed by atoms with Gasteiger partial charge in [-0.1, -0.05) is 0 Å². The van der Waals surface area contributed by atoms with Crippen LogP contribution in [0.1, 0.15) is 12.0 Å². The number of aliphatic hydroxyl groups is 1. The lowest BCUT2D eigenvalue weighted by Gasteiger charge is -2.19. The zero-order chi connectivity index (χ0) is 15.5. The summed E-state index contributed by atoms with van der Waals surface area (Å²) in [5.41, 5.74) is 0.567. The third-order valence-corrected chi connectivity index (χ3v) is 5.67. The third-order valence-electron chi connectivity index (χ3n) is 3.71. The molecule has 1 fully saturated rings. The molecule has 1 N–H and O–H groups in total. The normalized spacial score (nSPS) is 19.9. The van der Waals surface area contributed by atoms with Crippen molar-refractivity contribution in [2.45, 2.75) is 23.8 Å². The Hall–Kier alpha value is -1.15. The van der Waals surface area contributed by atoms with Gasteiger partial charge in [0, 0.05) is 26.8 Å². The van der Waals surface area contributed by atoms with Gasteiger partial charge in [0.25, 0.3) is 0 Å². The van der Waals surface area contributed by atoms with Crippen LogP contribution < -0.4 is 4.74 Å². The van der Waals surface area contributed by atoms with Crippen LogP contribution in [0, 0.1) is 0 Å². The second-order valence-electron chi connectivity index (χ2n) is 4.96. The maximum absolute atomic E-state index is 12.7. The van der Waals surface area contributed by atoms with Gasteiger partial charge in [-0.2, -0.15) is 4.31 Å². The first-order valence-corrected chi connectivity index (χ1v) is 8.27. The number of nitrogens with zero attached hydrogens (tertiary/aromatic N) is 1. The number of hydrogen-bond donors (Lipinski definition) is 1. The van der Waals surface area contributed by atoms with E-state index in [4.69, 9.17) is 14.6 Å². The molecule has 0 aliphatic carbocycles. The van der Waals surface area contributed by atoms with Gasteiger partial charge in [-0.25, -0.2) is 8.42 Å². The van der Waals surface area contributed by atoms with Crippen molar-refractivity contribution in [3.8, 4) is 5.75 Å². The van der Waals surface area contributed by atoms with E-state index in [1.807, 2.05) is 0 Å². The first-order chi connectivity index (χ1) is 10.0. The first-order valence-electron chi connectivity index (χ1n) is 6.83. The van der Waals surface area contributed by atoms with Crippen LogP contribution in [0.15, 0.2) is 23.1 Å². The van der Waals surface area contributed by atoms with Gasteiger partial charge in [-0.15, -0.1) is 0 Å². The smallest absolute Gasteiger partial charge is 0.243 e. The van der Waals surface area contributed by atoms with Crippen LogP contribution in [-0.4, -0.2) is 57.8 Å². The maximum atomic E-state index is 12.7. The second kappa shape index (κ2) is 6.74. The highest BCUT2D eigenvalue weighted by molar-refractivity contribution is 7.89. The lowest BCUT2D eigenvalue weighted by Crippen LogP contribution is -2.30. The van der Waals surface area contributed by atoms with Crippen molar-refractivity contribution in [1.29, 1.82) is 0 Å². The van der Waals surface area contributed by atoms with Crippen molar-refractivity contribution >= 4 is 10.0 Å². The molecule has 0 saturated carbocycles. The zero-order valence-electron chi connectivity index (χ0n) is 12.3. The summed E-state index contributed by atoms with van der Waals surface area (Å²) in [6.45, 7) is 0.700. The molecule has 2 rings (SSSR count). The molecular formula is C14H21NO5S. The topological polar surface area (TPSA) is 76.1 Å². The number of ether oxygens (including phenoxy) is 2. The quantitative estimate of drug-likeness (QED) is 0.834. The van der Waals surface area contributed by atoms with Crippen LogP contribution in [0.4, 0.5) is 0 Å². The van der Waals surface area contributed by atoms with E-state index in [0.717, 1.165) is 0 Å². The van der Waals surface area contributed by atoms with Crippen LogP contribution in [-0.2, 0) is 21.2 Å². The highest BCUT2D eigenvalue weighted by Gasteiger charge is 2.33. The minimum atomic E-state index is -3.57. The van der Waals surface area contributed by atoms with Crippen LogP contribution in [0.5, 0.6) is 5.75 Å². The number of hydrogen-bond acceptors (Lipinski definition) is 5. The average Bonchev–Trinajstić information content (AvgIpc) is 2.97. The van der Waals surface area contributed by atoms with E-state index in [0.29, 0.717) is 30.8 Å². The molecule has 1 aromatic carbocycles. The lowest BCUT2D eigenvalue weighted by molar-refractivity contribution is 0.115. The summed E-state index contributed by atoms with van der Waals surface area (Å²) in [6.07, 6.45) is 0.911. The first kappa shape index (κ1) is 16.2. The number of methoxy groups -OCH3 is 2. The van der Waals surface area contributed by atoms with Gasteiger partial charge in [0.15, 0.2) is 0 Å². The van der Waals surface area contributed by atoms with E-state index in [-0.39, 0.29) is 24.0 Å². The Morgan fingerprint density at radius 1 is 1.38 bits per heavy atom. The Morgan fingerprint density at radius 3 is 2.71 bits per heavy atom. The summed E-state index contributed by atoms with van der Waals surface area (Å²) < 4.78 is 37.3. The Balaban J connectivity index is 2.35. The van der Waals surface area contributed by atoms with Crippen LogP contribution in [0.3, 0.4) is 0 Å². The zero-order valence-corrected chi connectivity index (χ0v) is 13.1. The molecule has 1 unspecified atom stereocenters. The number of sulfonamides is 1. The van der Waals surface area contributed by atoms with Crippen LogP contribution in [0.2, 0.25) is 0 Å². The van der Waals surface area contributed by atoms with E-state index in [1.54, 1.807) is 25.3 Å². The molecule has 0 radical (unpaired) electrons. The average molecular weight is 315 g/mol. The van der Waals surface area contributed by atoms with Crippen molar-refractivity contribution in [3.05, 3.63) is 23.8 Å². The summed E-state index contributed by atoms with van der Waals surface area (Å²) in [5, 5.41) is 9.15. The van der Waals surface area contributed by atoms with Gasteiger partial charge in [0.2, 0.25) is 10.0 Å². The Morgan fingerprint density at radius 2 is 2.14 bits per heavy atom. The lowest BCUT2D eigenvalue weighted by atomic mass is 10.1. The van der Waals surface area contributed by atoms with E-state index in [1.165, 1.54) is 11.4 Å². The molecule has 1 aliphatic rings. The summed E-state index contributed by atoms with van der Waals surface area (Å²) >= 11 is 0. The molecule has 1 atom stereocenters. The maximum Gasteiger partial charge on any atom is 0.243 e. The monoisotopic (exact) mass is 315 g/mol. The highest BCUT2D eigenvalue weighted by atomic mass is 32.2. The molecular weight excluding hydrogens is 294 g/mol. The van der Waals surface area contributed by atoms with E-state index in [9.17, 15) is 8.42 Å². The molecule has 118 valence electrons. The fourth-order valence-corrected chi connectivity index (χ4v) is 4.22. The summed E-state index contributed by atoms with van der Waals surface area (Å²) in [6, 6.07) is 4.82. The summed E-state index contributed by atoms with van der Waals surface area (Å²) in [4.78, 5) is 0.231. The molecule has 21 heavy (non-hydrogen) atoms. The van der Waals surface area contributed by atoms with Crippen molar-refractivity contribution in [1.82, 2.24) is 4.31 Å². The molecule has 1 aliphatic heterocycles. The van der Waals surface area contributed by atoms with E-state index in [2.05, 4.69) is 0 Å². The predicted molar refractivity (Wildman–Crippen MR) is 78.0 cm³/mol. The van der Waals surface area contributed by atoms with Gasteiger partial charge in [0.1, 0.15) is 5.75 Å². The van der Waals surface area contributed by atoms with Gasteiger partial charge < -0.3 is 14.6 Å². The molecule has 1 saturated heterocycles. The fourth-order valence-electron chi connectivity index (χ4n) is 2.50. The Bertz CT molecular complexity index is 587. The molecule has 0 aromatic heterocycles. The number of rotatable bonds is 6. The fraction of sp³-hybridized carbons (Fsp3) is 0.571. The SMILES string of the molecule is COc1ccc(S(=O)(=O)N2CCC(OC)C2)c(CCO)c1. The number of aliphatic hydroxyl groups excluding tert-OH is 1. The molecule has 0 bridgehead atoms. The van der Waals surface area contributed by atoms with Crippen molar-refractivity contribution in [3.63, 3.8) is 0 Å². The van der Waals surface area contributed by atoms with E-state index >= 15 is 0 Å². The van der Waals surface area contributed by atoms with Gasteiger partial charge in [-0.3, -0.25) is 0 Å². The summed E-state index contributed by atoms with van der Waals surface area (Å²) in [7, 11) is -0.461. The van der Waals surface area contributed by atoms with Gasteiger partial charge >= 0.3 is 0 Å².